The van der Waals surface area contributed by atoms with E-state index in [0.717, 1.165) is 25.7 Å². The molecule has 4 nitrogen and oxygen atoms in total. The van der Waals surface area contributed by atoms with Gasteiger partial charge in [0.15, 0.2) is 0 Å². The molecule has 1 atom stereocenters. The summed E-state index contributed by atoms with van der Waals surface area (Å²) in [5, 5.41) is 8.98. The number of carbonyl (C=O) groups excluding carboxylic acids is 1. The summed E-state index contributed by atoms with van der Waals surface area (Å²) in [4.78, 5) is 22.9. The molecule has 186 valence electrons. The quantitative estimate of drug-likeness (QED) is 0.0910. The molecule has 0 saturated heterocycles. The highest BCUT2D eigenvalue weighted by molar-refractivity contribution is 5.79. The van der Waals surface area contributed by atoms with Gasteiger partial charge >= 0.3 is 11.9 Å². The largest absolute Gasteiger partial charge is 0.481 e. The van der Waals surface area contributed by atoms with Crippen LogP contribution in [-0.2, 0) is 14.3 Å². The van der Waals surface area contributed by atoms with Crippen LogP contribution in [0, 0.1) is 5.92 Å². The van der Waals surface area contributed by atoms with Gasteiger partial charge in [0.1, 0.15) is 6.61 Å². The van der Waals surface area contributed by atoms with E-state index in [9.17, 15) is 9.59 Å². The van der Waals surface area contributed by atoms with Gasteiger partial charge in [0, 0.05) is 0 Å². The fourth-order valence-electron chi connectivity index (χ4n) is 3.94. The van der Waals surface area contributed by atoms with E-state index >= 15 is 0 Å². The van der Waals surface area contributed by atoms with Gasteiger partial charge in [0.05, 0.1) is 12.3 Å². The Labute approximate surface area is 197 Å². The predicted octanol–water partition coefficient (Wildman–Crippen LogP) is 8.40. The fourth-order valence-corrected chi connectivity index (χ4v) is 3.94. The summed E-state index contributed by atoms with van der Waals surface area (Å²) >= 11 is 0. The normalized spacial score (nSPS) is 12.2. The van der Waals surface area contributed by atoms with E-state index in [1.165, 1.54) is 89.5 Å². The van der Waals surface area contributed by atoms with E-state index < -0.39 is 17.9 Å². The molecule has 0 aromatic carbocycles. The Bertz CT molecular complexity index is 484. The number of aliphatic carboxylic acids is 1. The molecule has 0 aromatic rings. The Hall–Kier alpha value is -1.58. The second-order valence-electron chi connectivity index (χ2n) is 9.00. The molecule has 0 aliphatic carbocycles. The zero-order chi connectivity index (χ0) is 23.7. The Balaban J connectivity index is 3.51. The zero-order valence-corrected chi connectivity index (χ0v) is 20.8. The first-order chi connectivity index (χ1) is 15.6. The molecule has 0 aliphatic rings. The van der Waals surface area contributed by atoms with Crippen molar-refractivity contribution in [3.05, 3.63) is 24.8 Å². The van der Waals surface area contributed by atoms with Crippen molar-refractivity contribution >= 4 is 11.9 Å². The van der Waals surface area contributed by atoms with Gasteiger partial charge in [0.2, 0.25) is 0 Å². The third-order valence-corrected chi connectivity index (χ3v) is 5.91. The van der Waals surface area contributed by atoms with Crippen LogP contribution in [0.3, 0.4) is 0 Å². The van der Waals surface area contributed by atoms with Crippen LogP contribution in [-0.4, -0.2) is 23.7 Å². The summed E-state index contributed by atoms with van der Waals surface area (Å²) in [5.41, 5.74) is 0. The molecule has 0 heterocycles. The predicted molar refractivity (Wildman–Crippen MR) is 135 cm³/mol. The fraction of sp³-hybridized carbons (Fsp3) is 0.786. The smallest absolute Gasteiger partial charge is 0.309 e. The maximum Gasteiger partial charge on any atom is 0.309 e. The average Bonchev–Trinajstić information content (AvgIpc) is 2.77. The number of ether oxygens (including phenoxy) is 1. The first kappa shape index (κ1) is 30.4. The van der Waals surface area contributed by atoms with Crippen LogP contribution in [0.1, 0.15) is 129 Å². The minimum atomic E-state index is -0.953. The third-order valence-electron chi connectivity index (χ3n) is 5.91. The topological polar surface area (TPSA) is 63.6 Å². The molecule has 1 unspecified atom stereocenters. The van der Waals surface area contributed by atoms with Crippen LogP contribution in [0.25, 0.3) is 0 Å². The van der Waals surface area contributed by atoms with Gasteiger partial charge in [0.25, 0.3) is 0 Å². The first-order valence-corrected chi connectivity index (χ1v) is 13.3. The highest BCUT2D eigenvalue weighted by Gasteiger charge is 2.22. The van der Waals surface area contributed by atoms with Crippen molar-refractivity contribution in [3.8, 4) is 0 Å². The Morgan fingerprint density at radius 3 is 1.72 bits per heavy atom. The molecular weight excluding hydrogens is 400 g/mol. The van der Waals surface area contributed by atoms with Crippen LogP contribution < -0.4 is 0 Å². The standard InChI is InChI=1S/C28H50O4/c1-3-5-6-7-8-9-10-11-12-13-14-15-16-17-18-19-20-21-22-23-26(25-27(29)30)28(31)32-24-4-2/h4,17-18,26H,2-3,5-16,19-25H2,1H3,(H,29,30)/b18-17+. The second kappa shape index (κ2) is 24.1. The number of rotatable bonds is 24. The molecule has 32 heavy (non-hydrogen) atoms. The number of carboxylic acids is 1. The molecular formula is C28H50O4. The van der Waals surface area contributed by atoms with Crippen molar-refractivity contribution < 1.29 is 19.4 Å². The Kier molecular flexibility index (Phi) is 22.9. The Morgan fingerprint density at radius 2 is 1.25 bits per heavy atom. The van der Waals surface area contributed by atoms with Crippen molar-refractivity contribution in [1.29, 1.82) is 0 Å². The summed E-state index contributed by atoms with van der Waals surface area (Å²) in [7, 11) is 0. The van der Waals surface area contributed by atoms with Crippen molar-refractivity contribution in [3.63, 3.8) is 0 Å². The molecule has 0 rings (SSSR count). The lowest BCUT2D eigenvalue weighted by molar-refractivity contribution is -0.152. The van der Waals surface area contributed by atoms with Gasteiger partial charge in [-0.3, -0.25) is 9.59 Å². The number of unbranched alkanes of at least 4 members (excludes halogenated alkanes) is 15. The molecule has 0 aliphatic heterocycles. The van der Waals surface area contributed by atoms with Gasteiger partial charge in [-0.1, -0.05) is 115 Å². The monoisotopic (exact) mass is 450 g/mol. The maximum atomic E-state index is 11.9. The minimum Gasteiger partial charge on any atom is -0.481 e. The van der Waals surface area contributed by atoms with E-state index in [2.05, 4.69) is 25.7 Å². The third kappa shape index (κ3) is 21.6. The molecule has 0 radical (unpaired) electrons. The summed E-state index contributed by atoms with van der Waals surface area (Å²) in [5.74, 6) is -1.92. The second-order valence-corrected chi connectivity index (χ2v) is 9.00. The average molecular weight is 451 g/mol. The zero-order valence-electron chi connectivity index (χ0n) is 20.8. The lowest BCUT2D eigenvalue weighted by Gasteiger charge is -2.13. The molecule has 0 bridgehead atoms. The summed E-state index contributed by atoms with van der Waals surface area (Å²) in [6.07, 6.45) is 28.3. The van der Waals surface area contributed by atoms with Crippen molar-refractivity contribution in [2.45, 2.75) is 129 Å². The molecule has 0 spiro atoms. The van der Waals surface area contributed by atoms with E-state index in [4.69, 9.17) is 9.84 Å². The number of allylic oxidation sites excluding steroid dienone is 2. The van der Waals surface area contributed by atoms with Gasteiger partial charge in [-0.2, -0.15) is 0 Å². The molecule has 0 amide bonds. The van der Waals surface area contributed by atoms with Crippen LogP contribution in [0.5, 0.6) is 0 Å². The van der Waals surface area contributed by atoms with Crippen LogP contribution >= 0.6 is 0 Å². The van der Waals surface area contributed by atoms with Crippen LogP contribution in [0.2, 0.25) is 0 Å². The van der Waals surface area contributed by atoms with Gasteiger partial charge in [-0.25, -0.2) is 0 Å². The SMILES string of the molecule is C=CCOC(=O)C(CCCCC/C=C/CCCCCCCCCCCCCC)CC(=O)O. The lowest BCUT2D eigenvalue weighted by atomic mass is 9.97. The molecule has 0 fully saturated rings. The lowest BCUT2D eigenvalue weighted by Crippen LogP contribution is -2.21. The van der Waals surface area contributed by atoms with Crippen LogP contribution in [0.4, 0.5) is 0 Å². The molecule has 0 aromatic heterocycles. The number of carbonyl (C=O) groups is 2. The highest BCUT2D eigenvalue weighted by atomic mass is 16.5. The van der Waals surface area contributed by atoms with Gasteiger partial charge in [-0.05, 0) is 32.1 Å². The van der Waals surface area contributed by atoms with Crippen molar-refractivity contribution in [2.24, 2.45) is 5.92 Å². The summed E-state index contributed by atoms with van der Waals surface area (Å²) in [6, 6.07) is 0. The molecule has 4 heteroatoms. The summed E-state index contributed by atoms with van der Waals surface area (Å²) in [6.45, 7) is 5.92. The Morgan fingerprint density at radius 1 is 0.781 bits per heavy atom. The number of hydrogen-bond acceptors (Lipinski definition) is 3. The number of carboxylic acid groups (broad SMARTS) is 1. The van der Waals surface area contributed by atoms with Crippen LogP contribution in [0.15, 0.2) is 24.8 Å². The van der Waals surface area contributed by atoms with Gasteiger partial charge < -0.3 is 9.84 Å². The highest BCUT2D eigenvalue weighted by Crippen LogP contribution is 2.17. The molecule has 0 saturated carbocycles. The number of esters is 1. The molecule has 1 N–H and O–H groups in total. The van der Waals surface area contributed by atoms with E-state index in [0.29, 0.717) is 6.42 Å². The first-order valence-electron chi connectivity index (χ1n) is 13.3. The van der Waals surface area contributed by atoms with Crippen molar-refractivity contribution in [2.75, 3.05) is 6.61 Å². The van der Waals surface area contributed by atoms with E-state index in [1.807, 2.05) is 0 Å². The minimum absolute atomic E-state index is 0.138. The van der Waals surface area contributed by atoms with Crippen molar-refractivity contribution in [1.82, 2.24) is 0 Å². The maximum absolute atomic E-state index is 11.9. The number of hydrogen-bond donors (Lipinski definition) is 1. The van der Waals surface area contributed by atoms with E-state index in [1.54, 1.807) is 0 Å². The van der Waals surface area contributed by atoms with E-state index in [-0.39, 0.29) is 13.0 Å². The summed E-state index contributed by atoms with van der Waals surface area (Å²) < 4.78 is 5.01. The van der Waals surface area contributed by atoms with Gasteiger partial charge in [-0.15, -0.1) is 0 Å².